The maximum absolute atomic E-state index is 13.3. The Morgan fingerprint density at radius 3 is 2.32 bits per heavy atom. The van der Waals surface area contributed by atoms with Gasteiger partial charge in [-0.2, -0.15) is 0 Å². The summed E-state index contributed by atoms with van der Waals surface area (Å²) >= 11 is 0. The number of nitrogens with one attached hydrogen (secondary N) is 2. The Bertz CT molecular complexity index is 1240. The number of carbonyl (C=O) groups is 2. The van der Waals surface area contributed by atoms with Crippen LogP contribution in [0, 0.1) is 0 Å². The van der Waals surface area contributed by atoms with Crippen LogP contribution in [0.3, 0.4) is 0 Å². The molecule has 0 aliphatic carbocycles. The number of anilines is 1. The molecule has 154 valence electrons. The van der Waals surface area contributed by atoms with Gasteiger partial charge in [0.1, 0.15) is 0 Å². The van der Waals surface area contributed by atoms with E-state index in [4.69, 9.17) is 4.98 Å². The lowest BCUT2D eigenvalue weighted by atomic mass is 10.0. The first-order chi connectivity index (χ1) is 15.2. The lowest BCUT2D eigenvalue weighted by Crippen LogP contribution is -2.25. The fourth-order valence-corrected chi connectivity index (χ4v) is 3.43. The average molecular weight is 409 g/mol. The van der Waals surface area contributed by atoms with Crippen LogP contribution in [0.25, 0.3) is 22.2 Å². The molecule has 0 radical (unpaired) electrons. The molecule has 2 amide bonds. The molecule has 0 saturated carbocycles. The van der Waals surface area contributed by atoms with E-state index in [1.54, 1.807) is 30.3 Å². The first-order valence-corrected chi connectivity index (χ1v) is 10.3. The second-order valence-corrected chi connectivity index (χ2v) is 7.19. The number of aromatic nitrogens is 1. The third kappa shape index (κ3) is 4.46. The summed E-state index contributed by atoms with van der Waals surface area (Å²) in [6.07, 6.45) is 0.839. The second-order valence-electron chi connectivity index (χ2n) is 7.19. The normalized spacial score (nSPS) is 10.6. The zero-order valence-electron chi connectivity index (χ0n) is 17.3. The summed E-state index contributed by atoms with van der Waals surface area (Å²) in [6.45, 7) is 2.57. The molecule has 4 aromatic rings. The van der Waals surface area contributed by atoms with Gasteiger partial charge < -0.3 is 10.6 Å². The summed E-state index contributed by atoms with van der Waals surface area (Å²) in [7, 11) is 0. The smallest absolute Gasteiger partial charge is 0.256 e. The number of para-hydroxylation sites is 2. The molecule has 0 fully saturated rings. The average Bonchev–Trinajstić information content (AvgIpc) is 2.82. The predicted octanol–water partition coefficient (Wildman–Crippen LogP) is 5.29. The molecule has 1 aromatic heterocycles. The van der Waals surface area contributed by atoms with Crippen molar-refractivity contribution in [2.24, 2.45) is 0 Å². The topological polar surface area (TPSA) is 71.1 Å². The van der Waals surface area contributed by atoms with Gasteiger partial charge in [-0.3, -0.25) is 9.59 Å². The molecule has 5 nitrogen and oxygen atoms in total. The summed E-state index contributed by atoms with van der Waals surface area (Å²) < 4.78 is 0. The third-order valence-electron chi connectivity index (χ3n) is 4.99. The Balaban J connectivity index is 1.73. The Kier molecular flexibility index (Phi) is 6.03. The molecule has 0 unspecified atom stereocenters. The van der Waals surface area contributed by atoms with Gasteiger partial charge in [-0.15, -0.1) is 0 Å². The molecular weight excluding hydrogens is 386 g/mol. The van der Waals surface area contributed by atoms with Gasteiger partial charge >= 0.3 is 0 Å². The molecule has 5 heteroatoms. The van der Waals surface area contributed by atoms with Gasteiger partial charge in [0.15, 0.2) is 0 Å². The van der Waals surface area contributed by atoms with E-state index >= 15 is 0 Å². The van der Waals surface area contributed by atoms with Crippen molar-refractivity contribution in [3.05, 3.63) is 96.1 Å². The highest BCUT2D eigenvalue weighted by Crippen LogP contribution is 2.26. The number of hydrogen-bond acceptors (Lipinski definition) is 3. The summed E-state index contributed by atoms with van der Waals surface area (Å²) in [5, 5.41) is 6.55. The maximum Gasteiger partial charge on any atom is 0.256 e. The van der Waals surface area contributed by atoms with E-state index in [9.17, 15) is 9.59 Å². The molecule has 2 N–H and O–H groups in total. The first kappa shape index (κ1) is 20.3. The summed E-state index contributed by atoms with van der Waals surface area (Å²) in [4.78, 5) is 30.6. The maximum atomic E-state index is 13.3. The number of rotatable bonds is 6. The zero-order chi connectivity index (χ0) is 21.6. The standard InChI is InChI=1S/C26H23N3O2/c1-2-16-27-25(30)20-13-7-9-15-23(20)29-26(31)21-17-24(18-10-4-3-5-11-18)28-22-14-8-6-12-19(21)22/h3-15,17H,2,16H2,1H3,(H,27,30)(H,29,31). The lowest BCUT2D eigenvalue weighted by molar-refractivity contribution is 0.0954. The molecule has 31 heavy (non-hydrogen) atoms. The number of carbonyl (C=O) groups excluding carboxylic acids is 2. The van der Waals surface area contributed by atoms with Gasteiger partial charge in [-0.1, -0.05) is 67.6 Å². The van der Waals surface area contributed by atoms with Crippen molar-refractivity contribution in [3.8, 4) is 11.3 Å². The van der Waals surface area contributed by atoms with E-state index in [1.807, 2.05) is 61.5 Å². The van der Waals surface area contributed by atoms with Crippen LogP contribution in [0.4, 0.5) is 5.69 Å². The minimum Gasteiger partial charge on any atom is -0.352 e. The van der Waals surface area contributed by atoms with Crippen LogP contribution >= 0.6 is 0 Å². The molecule has 0 bridgehead atoms. The summed E-state index contributed by atoms with van der Waals surface area (Å²) in [5.74, 6) is -0.492. The van der Waals surface area contributed by atoms with Gasteiger partial charge in [0.25, 0.3) is 11.8 Å². The summed E-state index contributed by atoms with van der Waals surface area (Å²) in [5.41, 5.74) is 3.81. The quantitative estimate of drug-likeness (QED) is 0.454. The largest absolute Gasteiger partial charge is 0.352 e. The zero-order valence-corrected chi connectivity index (χ0v) is 17.3. The van der Waals surface area contributed by atoms with Crippen molar-refractivity contribution in [3.63, 3.8) is 0 Å². The van der Waals surface area contributed by atoms with Crippen molar-refractivity contribution in [2.75, 3.05) is 11.9 Å². The van der Waals surface area contributed by atoms with Crippen LogP contribution in [0.15, 0.2) is 84.9 Å². The van der Waals surface area contributed by atoms with Crippen LogP contribution in [-0.4, -0.2) is 23.3 Å². The number of fused-ring (bicyclic) bond motifs is 1. The Morgan fingerprint density at radius 2 is 1.52 bits per heavy atom. The minimum absolute atomic E-state index is 0.206. The number of hydrogen-bond donors (Lipinski definition) is 2. The number of benzene rings is 3. The van der Waals surface area contributed by atoms with Gasteiger partial charge in [0, 0.05) is 17.5 Å². The molecule has 0 aliphatic heterocycles. The molecule has 0 aliphatic rings. The van der Waals surface area contributed by atoms with Crippen LogP contribution in [0.2, 0.25) is 0 Å². The van der Waals surface area contributed by atoms with Crippen LogP contribution in [0.1, 0.15) is 34.1 Å². The highest BCUT2D eigenvalue weighted by atomic mass is 16.2. The number of pyridine rings is 1. The minimum atomic E-state index is -0.286. The Labute approximate surface area is 181 Å². The van der Waals surface area contributed by atoms with E-state index in [0.29, 0.717) is 23.4 Å². The Morgan fingerprint density at radius 1 is 0.806 bits per heavy atom. The van der Waals surface area contributed by atoms with E-state index in [2.05, 4.69) is 10.6 Å². The van der Waals surface area contributed by atoms with Crippen molar-refractivity contribution in [2.45, 2.75) is 13.3 Å². The second kappa shape index (κ2) is 9.22. The van der Waals surface area contributed by atoms with Crippen molar-refractivity contribution in [1.29, 1.82) is 0 Å². The number of amides is 2. The van der Waals surface area contributed by atoms with Crippen molar-refractivity contribution >= 4 is 28.4 Å². The number of nitrogens with zero attached hydrogens (tertiary/aromatic N) is 1. The first-order valence-electron chi connectivity index (χ1n) is 10.3. The highest BCUT2D eigenvalue weighted by molar-refractivity contribution is 6.15. The van der Waals surface area contributed by atoms with Crippen LogP contribution in [-0.2, 0) is 0 Å². The van der Waals surface area contributed by atoms with Gasteiger partial charge in [-0.05, 0) is 30.7 Å². The SMILES string of the molecule is CCCNC(=O)c1ccccc1NC(=O)c1cc(-c2ccccc2)nc2ccccc12. The lowest BCUT2D eigenvalue weighted by Gasteiger charge is -2.13. The predicted molar refractivity (Wildman–Crippen MR) is 124 cm³/mol. The molecule has 0 atom stereocenters. The molecule has 4 rings (SSSR count). The fourth-order valence-electron chi connectivity index (χ4n) is 3.43. The molecular formula is C26H23N3O2. The van der Waals surface area contributed by atoms with Crippen molar-refractivity contribution in [1.82, 2.24) is 10.3 Å². The van der Waals surface area contributed by atoms with E-state index in [0.717, 1.165) is 28.6 Å². The Hall–Kier alpha value is -3.99. The molecule has 1 heterocycles. The van der Waals surface area contributed by atoms with Crippen LogP contribution < -0.4 is 10.6 Å². The molecule has 0 saturated heterocycles. The van der Waals surface area contributed by atoms with E-state index in [1.165, 1.54) is 0 Å². The summed E-state index contributed by atoms with van der Waals surface area (Å²) in [6, 6.07) is 26.1. The van der Waals surface area contributed by atoms with Gasteiger partial charge in [0.05, 0.1) is 28.0 Å². The van der Waals surface area contributed by atoms with Crippen LogP contribution in [0.5, 0.6) is 0 Å². The molecule has 0 spiro atoms. The highest BCUT2D eigenvalue weighted by Gasteiger charge is 2.17. The van der Waals surface area contributed by atoms with E-state index in [-0.39, 0.29) is 11.8 Å². The third-order valence-corrected chi connectivity index (χ3v) is 4.99. The van der Waals surface area contributed by atoms with E-state index < -0.39 is 0 Å². The van der Waals surface area contributed by atoms with Gasteiger partial charge in [-0.25, -0.2) is 4.98 Å². The van der Waals surface area contributed by atoms with Gasteiger partial charge in [0.2, 0.25) is 0 Å². The monoisotopic (exact) mass is 409 g/mol. The fraction of sp³-hybridized carbons (Fsp3) is 0.115. The molecule has 3 aromatic carbocycles. The van der Waals surface area contributed by atoms with Crippen molar-refractivity contribution < 1.29 is 9.59 Å².